The number of anilines is 1. The molecule has 1 amide bonds. The molecular weight excluding hydrogens is 537 g/mol. The lowest BCUT2D eigenvalue weighted by molar-refractivity contribution is -0.137. The van der Waals surface area contributed by atoms with E-state index in [1.807, 2.05) is 12.3 Å². The number of aromatic nitrogens is 3. The highest BCUT2D eigenvalue weighted by Crippen LogP contribution is 2.36. The van der Waals surface area contributed by atoms with Crippen molar-refractivity contribution in [3.63, 3.8) is 0 Å². The van der Waals surface area contributed by atoms with Crippen molar-refractivity contribution in [1.29, 1.82) is 0 Å². The molecule has 3 unspecified atom stereocenters. The van der Waals surface area contributed by atoms with E-state index in [1.54, 1.807) is 6.20 Å². The predicted octanol–water partition coefficient (Wildman–Crippen LogP) is 3.90. The van der Waals surface area contributed by atoms with E-state index in [4.69, 9.17) is 9.47 Å². The van der Waals surface area contributed by atoms with Crippen LogP contribution in [0.1, 0.15) is 48.5 Å². The van der Waals surface area contributed by atoms with Gasteiger partial charge in [-0.25, -0.2) is 9.97 Å². The van der Waals surface area contributed by atoms with Crippen molar-refractivity contribution >= 4 is 22.6 Å². The van der Waals surface area contributed by atoms with Gasteiger partial charge in [-0.15, -0.1) is 0 Å². The van der Waals surface area contributed by atoms with Crippen molar-refractivity contribution in [3.8, 4) is 0 Å². The Hall–Kier alpha value is -3.35. The van der Waals surface area contributed by atoms with Gasteiger partial charge in [-0.2, -0.15) is 13.2 Å². The SMILES string of the molecule is O=C(CNc1ncnc2ccc(C(F)(F)F)cc12)NC1CN(C2CCCOCC2)C[C@@H]1OC1CCc2ccncc21. The fourth-order valence-electron chi connectivity index (χ4n) is 6.17. The first-order chi connectivity index (χ1) is 19.8. The average molecular weight is 571 g/mol. The number of nitrogens with zero attached hydrogens (tertiary/aromatic N) is 4. The molecular formula is C29H33F3N6O3. The minimum Gasteiger partial charge on any atom is -0.381 e. The summed E-state index contributed by atoms with van der Waals surface area (Å²) in [5.74, 6) is -0.118. The molecule has 218 valence electrons. The Morgan fingerprint density at radius 3 is 2.90 bits per heavy atom. The number of pyridine rings is 1. The van der Waals surface area contributed by atoms with E-state index < -0.39 is 11.7 Å². The lowest BCUT2D eigenvalue weighted by Crippen LogP contribution is -2.46. The minimum atomic E-state index is -4.50. The Morgan fingerprint density at radius 1 is 1.12 bits per heavy atom. The number of alkyl halides is 3. The standard InChI is InChI=1S/C29H33F3N6O3/c30-29(31,32)19-4-5-23-21(12-19)28(36-17-35-23)34-14-27(39)37-24-15-38(20-2-1-10-40-11-8-20)16-26(24)41-25-6-3-18-7-9-33-13-22(18)25/h4-5,7,9,12-13,17,20,24-26H,1-3,6,8,10-11,14-16H2,(H,37,39)(H,34,35,36)/t20?,24?,25?,26-/m0/s1. The highest BCUT2D eigenvalue weighted by molar-refractivity contribution is 5.91. The second-order valence-corrected chi connectivity index (χ2v) is 10.9. The molecule has 1 aliphatic carbocycles. The van der Waals surface area contributed by atoms with Crippen LogP contribution in [0.4, 0.5) is 19.0 Å². The molecule has 2 fully saturated rings. The maximum Gasteiger partial charge on any atom is 0.416 e. The normalized spacial score (nSPS) is 25.1. The van der Waals surface area contributed by atoms with Crippen LogP contribution in [-0.4, -0.2) is 76.8 Å². The molecule has 9 nitrogen and oxygen atoms in total. The Morgan fingerprint density at radius 2 is 2.02 bits per heavy atom. The molecule has 0 saturated carbocycles. The van der Waals surface area contributed by atoms with E-state index >= 15 is 0 Å². The quantitative estimate of drug-likeness (QED) is 0.441. The number of hydrogen-bond donors (Lipinski definition) is 2. The van der Waals surface area contributed by atoms with Gasteiger partial charge < -0.3 is 20.1 Å². The molecule has 4 atom stereocenters. The van der Waals surface area contributed by atoms with E-state index in [9.17, 15) is 18.0 Å². The van der Waals surface area contributed by atoms with Crippen LogP contribution in [-0.2, 0) is 26.9 Å². The van der Waals surface area contributed by atoms with Crippen molar-refractivity contribution in [2.24, 2.45) is 0 Å². The number of halogens is 3. The third-order valence-electron chi connectivity index (χ3n) is 8.27. The molecule has 0 spiro atoms. The van der Waals surface area contributed by atoms with Gasteiger partial charge in [-0.05, 0) is 61.9 Å². The maximum atomic E-state index is 13.3. The first kappa shape index (κ1) is 27.8. The van der Waals surface area contributed by atoms with Crippen molar-refractivity contribution in [2.45, 2.75) is 62.6 Å². The molecule has 4 heterocycles. The Kier molecular flexibility index (Phi) is 8.05. The summed E-state index contributed by atoms with van der Waals surface area (Å²) >= 11 is 0. The molecule has 0 radical (unpaired) electrons. The summed E-state index contributed by atoms with van der Waals surface area (Å²) in [6.07, 6.45) is 4.92. The Labute approximate surface area is 235 Å². The molecule has 3 aliphatic rings. The van der Waals surface area contributed by atoms with Gasteiger partial charge in [0.15, 0.2) is 0 Å². The van der Waals surface area contributed by atoms with E-state index in [0.717, 1.165) is 63.0 Å². The number of hydrogen-bond acceptors (Lipinski definition) is 8. The maximum absolute atomic E-state index is 13.3. The number of nitrogens with one attached hydrogen (secondary N) is 2. The summed E-state index contributed by atoms with van der Waals surface area (Å²) in [5, 5.41) is 6.24. The second-order valence-electron chi connectivity index (χ2n) is 10.9. The van der Waals surface area contributed by atoms with Gasteiger partial charge >= 0.3 is 6.18 Å². The van der Waals surface area contributed by atoms with Gasteiger partial charge in [0.05, 0.1) is 35.9 Å². The lowest BCUT2D eigenvalue weighted by atomic mass is 10.1. The van der Waals surface area contributed by atoms with Gasteiger partial charge in [0, 0.05) is 55.7 Å². The summed E-state index contributed by atoms with van der Waals surface area (Å²) in [6, 6.07) is 5.43. The third kappa shape index (κ3) is 6.29. The zero-order chi connectivity index (χ0) is 28.4. The zero-order valence-electron chi connectivity index (χ0n) is 22.6. The molecule has 41 heavy (non-hydrogen) atoms. The van der Waals surface area contributed by atoms with Gasteiger partial charge in [0.2, 0.25) is 5.91 Å². The highest BCUT2D eigenvalue weighted by atomic mass is 19.4. The molecule has 6 rings (SSSR count). The van der Waals surface area contributed by atoms with Crippen LogP contribution in [0.25, 0.3) is 10.9 Å². The number of amides is 1. The van der Waals surface area contributed by atoms with Crippen molar-refractivity contribution < 1.29 is 27.4 Å². The molecule has 1 aromatic carbocycles. The number of likely N-dealkylation sites (tertiary alicyclic amines) is 1. The van der Waals surface area contributed by atoms with E-state index in [-0.39, 0.29) is 41.9 Å². The first-order valence-electron chi connectivity index (χ1n) is 14.1. The number of benzene rings is 1. The molecule has 2 saturated heterocycles. The number of aryl methyl sites for hydroxylation is 1. The van der Waals surface area contributed by atoms with Gasteiger partial charge in [0.1, 0.15) is 12.1 Å². The average Bonchev–Trinajstić information content (AvgIpc) is 3.44. The molecule has 12 heteroatoms. The summed E-state index contributed by atoms with van der Waals surface area (Å²) in [5.41, 5.74) is 1.91. The monoisotopic (exact) mass is 570 g/mol. The number of carbonyl (C=O) groups is 1. The van der Waals surface area contributed by atoms with E-state index in [1.165, 1.54) is 18.0 Å². The second kappa shape index (κ2) is 11.9. The molecule has 3 aromatic rings. The Balaban J connectivity index is 1.15. The van der Waals surface area contributed by atoms with Crippen LogP contribution in [0.15, 0.2) is 43.0 Å². The van der Waals surface area contributed by atoms with E-state index in [2.05, 4.69) is 30.5 Å². The van der Waals surface area contributed by atoms with Gasteiger partial charge in [-0.1, -0.05) is 0 Å². The summed E-state index contributed by atoms with van der Waals surface area (Å²) < 4.78 is 52.2. The summed E-state index contributed by atoms with van der Waals surface area (Å²) in [4.78, 5) is 28.0. The van der Waals surface area contributed by atoms with Crippen LogP contribution in [0.5, 0.6) is 0 Å². The topological polar surface area (TPSA) is 102 Å². The molecule has 2 N–H and O–H groups in total. The Bertz CT molecular complexity index is 1380. The third-order valence-corrected chi connectivity index (χ3v) is 8.27. The van der Waals surface area contributed by atoms with Crippen molar-refractivity contribution in [1.82, 2.24) is 25.2 Å². The van der Waals surface area contributed by atoms with Crippen LogP contribution in [0.2, 0.25) is 0 Å². The lowest BCUT2D eigenvalue weighted by Gasteiger charge is -2.26. The largest absolute Gasteiger partial charge is 0.416 e. The minimum absolute atomic E-state index is 0.0751. The molecule has 0 bridgehead atoms. The van der Waals surface area contributed by atoms with Crippen LogP contribution in [0.3, 0.4) is 0 Å². The number of carbonyl (C=O) groups excluding carboxylic acids is 1. The number of fused-ring (bicyclic) bond motifs is 2. The van der Waals surface area contributed by atoms with E-state index in [0.29, 0.717) is 24.6 Å². The first-order valence-corrected chi connectivity index (χ1v) is 14.1. The van der Waals surface area contributed by atoms with Crippen molar-refractivity contribution in [2.75, 3.05) is 38.2 Å². The van der Waals surface area contributed by atoms with Crippen LogP contribution in [0, 0.1) is 0 Å². The predicted molar refractivity (Wildman–Crippen MR) is 145 cm³/mol. The molecule has 2 aromatic heterocycles. The highest BCUT2D eigenvalue weighted by Gasteiger charge is 2.40. The number of ether oxygens (including phenoxy) is 2. The fraction of sp³-hybridized carbons (Fsp3) is 0.517. The number of rotatable bonds is 7. The van der Waals surface area contributed by atoms with Gasteiger partial charge in [-0.3, -0.25) is 14.7 Å². The van der Waals surface area contributed by atoms with Crippen LogP contribution < -0.4 is 10.6 Å². The van der Waals surface area contributed by atoms with Crippen LogP contribution >= 0.6 is 0 Å². The van der Waals surface area contributed by atoms with Gasteiger partial charge in [0.25, 0.3) is 0 Å². The summed E-state index contributed by atoms with van der Waals surface area (Å²) in [7, 11) is 0. The fourth-order valence-corrected chi connectivity index (χ4v) is 6.17. The smallest absolute Gasteiger partial charge is 0.381 e. The zero-order valence-corrected chi connectivity index (χ0v) is 22.6. The summed E-state index contributed by atoms with van der Waals surface area (Å²) in [6.45, 7) is 2.69. The molecule has 2 aliphatic heterocycles. The van der Waals surface area contributed by atoms with Crippen molar-refractivity contribution in [3.05, 3.63) is 59.7 Å².